The number of nitrogens with zero attached hydrogens (tertiary/aromatic N) is 2. The van der Waals surface area contributed by atoms with E-state index in [1.165, 1.54) is 5.06 Å². The van der Waals surface area contributed by atoms with E-state index in [0.29, 0.717) is 29.4 Å². The number of rotatable bonds is 7. The summed E-state index contributed by atoms with van der Waals surface area (Å²) in [4.78, 5) is 32.3. The SMILES string of the molecule is Nc1ccccc1NC(=O)c1ccc(CN(C=O)OC2CN3CCC2CC3)cc1. The molecule has 3 N–H and O–H groups in total. The zero-order chi connectivity index (χ0) is 20.2. The number of piperidine rings is 3. The maximum atomic E-state index is 12.4. The van der Waals surface area contributed by atoms with Crippen LogP contribution >= 0.6 is 0 Å². The molecule has 2 amide bonds. The highest BCUT2D eigenvalue weighted by atomic mass is 16.7. The summed E-state index contributed by atoms with van der Waals surface area (Å²) in [6.07, 6.45) is 3.07. The van der Waals surface area contributed by atoms with E-state index < -0.39 is 0 Å². The molecule has 0 aromatic heterocycles. The van der Waals surface area contributed by atoms with E-state index in [2.05, 4.69) is 10.2 Å². The molecule has 7 nitrogen and oxygen atoms in total. The number of benzene rings is 2. The van der Waals surface area contributed by atoms with Crippen LogP contribution < -0.4 is 11.1 Å². The number of fused-ring (bicyclic) bond motifs is 3. The molecule has 7 heteroatoms. The number of hydrogen-bond donors (Lipinski definition) is 2. The van der Waals surface area contributed by atoms with Crippen molar-refractivity contribution >= 4 is 23.7 Å². The number of anilines is 2. The summed E-state index contributed by atoms with van der Waals surface area (Å²) >= 11 is 0. The van der Waals surface area contributed by atoms with Crippen molar-refractivity contribution in [1.29, 1.82) is 0 Å². The van der Waals surface area contributed by atoms with E-state index in [1.54, 1.807) is 24.3 Å². The summed E-state index contributed by atoms with van der Waals surface area (Å²) in [7, 11) is 0. The van der Waals surface area contributed by atoms with Crippen LogP contribution in [0.2, 0.25) is 0 Å². The topological polar surface area (TPSA) is 87.9 Å². The molecule has 2 aromatic carbocycles. The third-order valence-electron chi connectivity index (χ3n) is 5.75. The maximum Gasteiger partial charge on any atom is 0.255 e. The lowest BCUT2D eigenvalue weighted by molar-refractivity contribution is -0.225. The first-order valence-corrected chi connectivity index (χ1v) is 9.98. The van der Waals surface area contributed by atoms with Gasteiger partial charge < -0.3 is 16.0 Å². The summed E-state index contributed by atoms with van der Waals surface area (Å²) in [5, 5.41) is 4.17. The summed E-state index contributed by atoms with van der Waals surface area (Å²) in [6, 6.07) is 14.3. The zero-order valence-corrected chi connectivity index (χ0v) is 16.3. The predicted octanol–water partition coefficient (Wildman–Crippen LogP) is 2.51. The van der Waals surface area contributed by atoms with Crippen LogP contribution in [0.1, 0.15) is 28.8 Å². The third-order valence-corrected chi connectivity index (χ3v) is 5.75. The van der Waals surface area contributed by atoms with Gasteiger partial charge in [0.1, 0.15) is 6.10 Å². The van der Waals surface area contributed by atoms with Gasteiger partial charge in [-0.3, -0.25) is 14.4 Å². The van der Waals surface area contributed by atoms with Crippen LogP contribution in [0.4, 0.5) is 11.4 Å². The van der Waals surface area contributed by atoms with Crippen LogP contribution in [0, 0.1) is 5.92 Å². The second-order valence-electron chi connectivity index (χ2n) is 7.70. The Balaban J connectivity index is 1.35. The van der Waals surface area contributed by atoms with Gasteiger partial charge in [-0.25, -0.2) is 5.06 Å². The monoisotopic (exact) mass is 394 g/mol. The van der Waals surface area contributed by atoms with E-state index in [0.717, 1.165) is 44.4 Å². The Hall–Kier alpha value is -2.90. The highest BCUT2D eigenvalue weighted by Gasteiger charge is 2.36. The molecule has 0 saturated carbocycles. The first-order chi connectivity index (χ1) is 14.1. The minimum Gasteiger partial charge on any atom is -0.397 e. The Kier molecular flexibility index (Phi) is 5.78. The molecule has 3 saturated heterocycles. The minimum atomic E-state index is -0.231. The molecule has 29 heavy (non-hydrogen) atoms. The van der Waals surface area contributed by atoms with Gasteiger partial charge in [0.2, 0.25) is 6.41 Å². The smallest absolute Gasteiger partial charge is 0.255 e. The maximum absolute atomic E-state index is 12.4. The third kappa shape index (κ3) is 4.58. The zero-order valence-electron chi connectivity index (χ0n) is 16.3. The summed E-state index contributed by atoms with van der Waals surface area (Å²) in [5.41, 5.74) is 8.39. The Morgan fingerprint density at radius 3 is 2.52 bits per heavy atom. The van der Waals surface area contributed by atoms with Gasteiger partial charge in [-0.2, -0.15) is 0 Å². The number of nitrogen functional groups attached to an aromatic ring is 1. The van der Waals surface area contributed by atoms with E-state index >= 15 is 0 Å². The van der Waals surface area contributed by atoms with E-state index in [-0.39, 0.29) is 12.0 Å². The van der Waals surface area contributed by atoms with E-state index in [9.17, 15) is 9.59 Å². The minimum absolute atomic E-state index is 0.0732. The molecule has 0 spiro atoms. The average Bonchev–Trinajstić information content (AvgIpc) is 2.76. The molecule has 1 atom stereocenters. The van der Waals surface area contributed by atoms with Gasteiger partial charge in [-0.15, -0.1) is 0 Å². The second-order valence-corrected chi connectivity index (χ2v) is 7.70. The quantitative estimate of drug-likeness (QED) is 0.428. The lowest BCUT2D eigenvalue weighted by Gasteiger charge is -2.44. The average molecular weight is 394 g/mol. The lowest BCUT2D eigenvalue weighted by atomic mass is 9.86. The molecule has 2 bridgehead atoms. The predicted molar refractivity (Wildman–Crippen MR) is 111 cm³/mol. The van der Waals surface area contributed by atoms with Crippen molar-refractivity contribution in [2.24, 2.45) is 5.92 Å². The Labute approximate surface area is 170 Å². The van der Waals surface area contributed by atoms with Crippen molar-refractivity contribution in [2.75, 3.05) is 30.7 Å². The molecule has 152 valence electrons. The first kappa shape index (κ1) is 19.4. The molecule has 2 aromatic rings. The fraction of sp³-hybridized carbons (Fsp3) is 0.364. The second kappa shape index (κ2) is 8.63. The summed E-state index contributed by atoms with van der Waals surface area (Å²) < 4.78 is 0. The number of carbonyl (C=O) groups excluding carboxylic acids is 2. The Morgan fingerprint density at radius 1 is 1.17 bits per heavy atom. The van der Waals surface area contributed by atoms with Gasteiger partial charge in [0, 0.05) is 12.1 Å². The molecular weight excluding hydrogens is 368 g/mol. The number of amides is 2. The van der Waals surface area contributed by atoms with Crippen LogP contribution in [0.25, 0.3) is 0 Å². The molecule has 1 unspecified atom stereocenters. The van der Waals surface area contributed by atoms with Crippen molar-refractivity contribution < 1.29 is 14.4 Å². The van der Waals surface area contributed by atoms with Crippen LogP contribution in [0.3, 0.4) is 0 Å². The molecule has 5 rings (SSSR count). The largest absolute Gasteiger partial charge is 0.397 e. The van der Waals surface area contributed by atoms with Gasteiger partial charge >= 0.3 is 0 Å². The fourth-order valence-corrected chi connectivity index (χ4v) is 4.05. The van der Waals surface area contributed by atoms with Gasteiger partial charge in [0.25, 0.3) is 5.91 Å². The van der Waals surface area contributed by atoms with Crippen molar-refractivity contribution in [3.63, 3.8) is 0 Å². The Bertz CT molecular complexity index is 863. The van der Waals surface area contributed by atoms with Crippen molar-refractivity contribution in [3.05, 3.63) is 59.7 Å². The van der Waals surface area contributed by atoms with E-state index in [1.807, 2.05) is 24.3 Å². The summed E-state index contributed by atoms with van der Waals surface area (Å²) in [6.45, 7) is 3.49. The van der Waals surface area contributed by atoms with Gasteiger partial charge in [-0.1, -0.05) is 24.3 Å². The van der Waals surface area contributed by atoms with Crippen molar-refractivity contribution in [1.82, 2.24) is 9.96 Å². The van der Waals surface area contributed by atoms with E-state index in [4.69, 9.17) is 10.6 Å². The van der Waals surface area contributed by atoms with Crippen LogP contribution in [0.15, 0.2) is 48.5 Å². The fourth-order valence-electron chi connectivity index (χ4n) is 4.05. The van der Waals surface area contributed by atoms with Crippen LogP contribution in [-0.2, 0) is 16.2 Å². The molecule has 3 aliphatic heterocycles. The standard InChI is InChI=1S/C22H26N4O3/c23-19-3-1-2-4-20(19)24-22(28)18-7-5-16(6-8-18)13-26(15-27)29-21-14-25-11-9-17(21)10-12-25/h1-8,15,17,21H,9-14,23H2,(H,24,28). The van der Waals surface area contributed by atoms with Crippen LogP contribution in [0.5, 0.6) is 0 Å². The normalized spacial score (nSPS) is 22.8. The first-order valence-electron chi connectivity index (χ1n) is 9.98. The number of nitrogens with two attached hydrogens (primary N) is 1. The Morgan fingerprint density at radius 2 is 1.90 bits per heavy atom. The molecule has 0 aliphatic carbocycles. The highest BCUT2D eigenvalue weighted by molar-refractivity contribution is 6.05. The number of hydrogen-bond acceptors (Lipinski definition) is 5. The van der Waals surface area contributed by atoms with Gasteiger partial charge in [-0.05, 0) is 61.7 Å². The van der Waals surface area contributed by atoms with Gasteiger partial charge in [0.15, 0.2) is 0 Å². The molecule has 3 aliphatic rings. The van der Waals surface area contributed by atoms with Gasteiger partial charge in [0.05, 0.1) is 17.9 Å². The number of hydroxylamine groups is 2. The summed E-state index contributed by atoms with van der Waals surface area (Å²) in [5.74, 6) is 0.296. The van der Waals surface area contributed by atoms with Crippen molar-refractivity contribution in [3.8, 4) is 0 Å². The highest BCUT2D eigenvalue weighted by Crippen LogP contribution is 2.30. The number of carbonyl (C=O) groups is 2. The molecule has 3 fully saturated rings. The molecule has 3 heterocycles. The number of para-hydroxylation sites is 2. The molecular formula is C22H26N4O3. The number of nitrogens with one attached hydrogen (secondary N) is 1. The lowest BCUT2D eigenvalue weighted by Crippen LogP contribution is -2.53. The van der Waals surface area contributed by atoms with Crippen LogP contribution in [-0.4, -0.2) is 48.0 Å². The molecule has 0 radical (unpaired) electrons. The van der Waals surface area contributed by atoms with Crippen molar-refractivity contribution in [2.45, 2.75) is 25.5 Å².